The predicted molar refractivity (Wildman–Crippen MR) is 128 cm³/mol. The van der Waals surface area contributed by atoms with Crippen molar-refractivity contribution in [2.24, 2.45) is 5.92 Å². The van der Waals surface area contributed by atoms with Crippen LogP contribution in [0, 0.1) is 5.92 Å². The van der Waals surface area contributed by atoms with Gasteiger partial charge in [-0.25, -0.2) is 0 Å². The summed E-state index contributed by atoms with van der Waals surface area (Å²) in [6.45, 7) is 2.56. The topological polar surface area (TPSA) is 68.4 Å². The first kappa shape index (κ1) is 20.3. The Labute approximate surface area is 187 Å². The average Bonchev–Trinajstić information content (AvgIpc) is 3.24. The molecule has 4 aromatic rings. The van der Waals surface area contributed by atoms with Crippen molar-refractivity contribution >= 4 is 22.5 Å². The quantitative estimate of drug-likeness (QED) is 0.401. The molecule has 1 saturated heterocycles. The number of phenolic OH excluding ortho intramolecular Hbond substituents is 1. The van der Waals surface area contributed by atoms with Gasteiger partial charge in [-0.1, -0.05) is 42.5 Å². The summed E-state index contributed by atoms with van der Waals surface area (Å²) in [5, 5.41) is 14.0. The van der Waals surface area contributed by atoms with Gasteiger partial charge in [0.1, 0.15) is 5.75 Å². The van der Waals surface area contributed by atoms with Crippen LogP contribution >= 0.6 is 0 Å². The number of carbonyl (C=O) groups excluding carboxylic acids is 1. The van der Waals surface area contributed by atoms with Crippen molar-refractivity contribution in [3.05, 3.63) is 84.4 Å². The normalized spacial score (nSPS) is 15.1. The fourth-order valence-electron chi connectivity index (χ4n) is 4.50. The van der Waals surface area contributed by atoms with Crippen LogP contribution in [0.1, 0.15) is 18.4 Å². The minimum Gasteiger partial charge on any atom is -0.508 e. The van der Waals surface area contributed by atoms with Gasteiger partial charge in [-0.15, -0.1) is 0 Å². The SMILES string of the molecule is O=C(Nc1cccc(-c2cc3ccccc3[nH]2)c1)C1CCN(Cc2cccc(O)c2)CC1. The molecular weight excluding hydrogens is 398 g/mol. The number of hydrogen-bond donors (Lipinski definition) is 3. The standard InChI is InChI=1S/C27H27N3O2/c31-24-9-3-5-19(15-24)18-30-13-11-20(12-14-30)27(32)28-23-8-4-7-21(16-23)26-17-22-6-1-2-10-25(22)29-26/h1-10,15-17,20,29,31H,11-14,18H2,(H,28,32). The van der Waals surface area contributed by atoms with E-state index in [1.54, 1.807) is 12.1 Å². The molecule has 0 atom stereocenters. The van der Waals surface area contributed by atoms with Crippen molar-refractivity contribution in [3.8, 4) is 17.0 Å². The van der Waals surface area contributed by atoms with E-state index in [1.807, 2.05) is 42.5 Å². The van der Waals surface area contributed by atoms with Crippen LogP contribution in [-0.2, 0) is 11.3 Å². The number of fused-ring (bicyclic) bond motifs is 1. The van der Waals surface area contributed by atoms with E-state index in [9.17, 15) is 9.90 Å². The number of hydrogen-bond acceptors (Lipinski definition) is 3. The van der Waals surface area contributed by atoms with E-state index < -0.39 is 0 Å². The molecule has 1 aromatic heterocycles. The van der Waals surface area contributed by atoms with Crippen LogP contribution < -0.4 is 5.32 Å². The molecule has 5 heteroatoms. The van der Waals surface area contributed by atoms with Gasteiger partial charge in [0, 0.05) is 40.3 Å². The van der Waals surface area contributed by atoms with Crippen LogP contribution in [0.3, 0.4) is 0 Å². The van der Waals surface area contributed by atoms with Gasteiger partial charge >= 0.3 is 0 Å². The lowest BCUT2D eigenvalue weighted by atomic mass is 9.95. The predicted octanol–water partition coefficient (Wildman–Crippen LogP) is 5.39. The number of H-pyrrole nitrogens is 1. The lowest BCUT2D eigenvalue weighted by Gasteiger charge is -2.31. The van der Waals surface area contributed by atoms with Crippen LogP contribution in [0.25, 0.3) is 22.2 Å². The summed E-state index contributed by atoms with van der Waals surface area (Å²) in [7, 11) is 0. The molecule has 1 aliphatic rings. The highest BCUT2D eigenvalue weighted by atomic mass is 16.3. The number of nitrogens with zero attached hydrogens (tertiary/aromatic N) is 1. The van der Waals surface area contributed by atoms with Crippen molar-refractivity contribution in [2.75, 3.05) is 18.4 Å². The Morgan fingerprint density at radius 2 is 1.78 bits per heavy atom. The molecule has 32 heavy (non-hydrogen) atoms. The zero-order valence-electron chi connectivity index (χ0n) is 17.9. The van der Waals surface area contributed by atoms with Crippen molar-refractivity contribution < 1.29 is 9.90 Å². The van der Waals surface area contributed by atoms with Gasteiger partial charge < -0.3 is 15.4 Å². The summed E-state index contributed by atoms with van der Waals surface area (Å²) in [5.41, 5.74) is 5.13. The van der Waals surface area contributed by atoms with E-state index in [0.717, 1.165) is 60.5 Å². The number of carbonyl (C=O) groups is 1. The first-order valence-electron chi connectivity index (χ1n) is 11.1. The van der Waals surface area contributed by atoms with Crippen molar-refractivity contribution in [2.45, 2.75) is 19.4 Å². The number of amides is 1. The molecule has 0 saturated carbocycles. The number of aromatic amines is 1. The number of nitrogens with one attached hydrogen (secondary N) is 2. The molecule has 0 aliphatic carbocycles. The third kappa shape index (κ3) is 4.53. The second-order valence-corrected chi connectivity index (χ2v) is 8.56. The Hall–Kier alpha value is -3.57. The van der Waals surface area contributed by atoms with Crippen LogP contribution in [0.5, 0.6) is 5.75 Å². The fraction of sp³-hybridized carbons (Fsp3) is 0.222. The number of phenols is 1. The smallest absolute Gasteiger partial charge is 0.227 e. The highest BCUT2D eigenvalue weighted by Crippen LogP contribution is 2.27. The van der Waals surface area contributed by atoms with Gasteiger partial charge in [0.25, 0.3) is 0 Å². The molecule has 1 amide bonds. The zero-order valence-corrected chi connectivity index (χ0v) is 17.9. The highest BCUT2D eigenvalue weighted by molar-refractivity contribution is 5.93. The van der Waals surface area contributed by atoms with Crippen LogP contribution in [0.15, 0.2) is 78.9 Å². The van der Waals surface area contributed by atoms with E-state index in [2.05, 4.69) is 39.5 Å². The molecule has 1 aliphatic heterocycles. The minimum atomic E-state index is 0.0205. The third-order valence-corrected chi connectivity index (χ3v) is 6.25. The maximum Gasteiger partial charge on any atom is 0.227 e. The van der Waals surface area contributed by atoms with Crippen LogP contribution in [0.2, 0.25) is 0 Å². The van der Waals surface area contributed by atoms with Crippen LogP contribution in [-0.4, -0.2) is 34.0 Å². The number of benzene rings is 3. The Balaban J connectivity index is 1.20. The molecule has 1 fully saturated rings. The molecule has 5 nitrogen and oxygen atoms in total. The molecule has 2 heterocycles. The summed E-state index contributed by atoms with van der Waals surface area (Å²) in [6, 6.07) is 25.7. The Morgan fingerprint density at radius 3 is 2.59 bits per heavy atom. The summed E-state index contributed by atoms with van der Waals surface area (Å²) in [4.78, 5) is 18.7. The lowest BCUT2D eigenvalue weighted by molar-refractivity contribution is -0.121. The van der Waals surface area contributed by atoms with E-state index in [-0.39, 0.29) is 11.8 Å². The maximum atomic E-state index is 12.9. The molecule has 162 valence electrons. The van der Waals surface area contributed by atoms with Gasteiger partial charge in [-0.2, -0.15) is 0 Å². The largest absolute Gasteiger partial charge is 0.508 e. The van der Waals surface area contributed by atoms with E-state index >= 15 is 0 Å². The second-order valence-electron chi connectivity index (χ2n) is 8.56. The molecule has 0 spiro atoms. The van der Waals surface area contributed by atoms with Crippen molar-refractivity contribution in [1.29, 1.82) is 0 Å². The minimum absolute atomic E-state index is 0.0205. The Bertz CT molecular complexity index is 1210. The summed E-state index contributed by atoms with van der Waals surface area (Å²) >= 11 is 0. The molecule has 0 bridgehead atoms. The van der Waals surface area contributed by atoms with Gasteiger partial charge in [-0.3, -0.25) is 9.69 Å². The number of para-hydroxylation sites is 1. The monoisotopic (exact) mass is 425 g/mol. The number of rotatable bonds is 5. The average molecular weight is 426 g/mol. The van der Waals surface area contributed by atoms with E-state index in [4.69, 9.17) is 0 Å². The molecule has 3 aromatic carbocycles. The summed E-state index contributed by atoms with van der Waals surface area (Å²) in [5.74, 6) is 0.411. The Kier molecular flexibility index (Phi) is 5.65. The maximum absolute atomic E-state index is 12.9. The third-order valence-electron chi connectivity index (χ3n) is 6.25. The fourth-order valence-corrected chi connectivity index (χ4v) is 4.50. The van der Waals surface area contributed by atoms with Crippen LogP contribution in [0.4, 0.5) is 5.69 Å². The zero-order chi connectivity index (χ0) is 21.9. The molecule has 0 radical (unpaired) electrons. The summed E-state index contributed by atoms with van der Waals surface area (Å²) < 4.78 is 0. The molecule has 5 rings (SSSR count). The van der Waals surface area contributed by atoms with Gasteiger partial charge in [0.05, 0.1) is 0 Å². The highest BCUT2D eigenvalue weighted by Gasteiger charge is 2.25. The molecular formula is C27H27N3O2. The van der Waals surface area contributed by atoms with Crippen molar-refractivity contribution in [3.63, 3.8) is 0 Å². The number of likely N-dealkylation sites (tertiary alicyclic amines) is 1. The molecule has 3 N–H and O–H groups in total. The first-order valence-corrected chi connectivity index (χ1v) is 11.1. The first-order chi connectivity index (χ1) is 15.6. The number of piperidine rings is 1. The Morgan fingerprint density at radius 1 is 0.969 bits per heavy atom. The van der Waals surface area contributed by atoms with Gasteiger partial charge in [0.2, 0.25) is 5.91 Å². The second kappa shape index (κ2) is 8.89. The van der Waals surface area contributed by atoms with Gasteiger partial charge in [0.15, 0.2) is 0 Å². The van der Waals surface area contributed by atoms with E-state index in [0.29, 0.717) is 5.75 Å². The number of aromatic nitrogens is 1. The summed E-state index contributed by atoms with van der Waals surface area (Å²) in [6.07, 6.45) is 1.68. The van der Waals surface area contributed by atoms with Gasteiger partial charge in [-0.05, 0) is 67.9 Å². The lowest BCUT2D eigenvalue weighted by Crippen LogP contribution is -2.37. The van der Waals surface area contributed by atoms with E-state index in [1.165, 1.54) is 5.39 Å². The number of aromatic hydroxyl groups is 1. The number of anilines is 1. The van der Waals surface area contributed by atoms with Crippen molar-refractivity contribution in [1.82, 2.24) is 9.88 Å². The molecule has 0 unspecified atom stereocenters.